The van der Waals surface area contributed by atoms with Crippen molar-refractivity contribution in [1.82, 2.24) is 0 Å². The molecular weight excluding hydrogens is 167 g/mol. The molecule has 1 unspecified atom stereocenters. The molecule has 0 aromatic heterocycles. The number of hydrogen-bond donors (Lipinski definition) is 1. The molecule has 0 aliphatic carbocycles. The van der Waals surface area contributed by atoms with Crippen LogP contribution < -0.4 is 5.73 Å². The zero-order valence-electron chi connectivity index (χ0n) is 7.42. The van der Waals surface area contributed by atoms with Crippen molar-refractivity contribution in [2.75, 3.05) is 0 Å². The van der Waals surface area contributed by atoms with Crippen LogP contribution in [0.3, 0.4) is 0 Å². The minimum Gasteiger partial charge on any atom is -0.323 e. The van der Waals surface area contributed by atoms with E-state index in [0.717, 1.165) is 5.56 Å². The molecule has 0 saturated carbocycles. The molecule has 3 heteroatoms. The van der Waals surface area contributed by atoms with Gasteiger partial charge in [0.2, 0.25) is 0 Å². The van der Waals surface area contributed by atoms with E-state index in [4.69, 9.17) is 11.0 Å². The molecule has 1 rings (SSSR count). The first-order valence-electron chi connectivity index (χ1n) is 4.03. The molecule has 0 fully saturated rings. The van der Waals surface area contributed by atoms with Crippen LogP contribution in [0.2, 0.25) is 0 Å². The van der Waals surface area contributed by atoms with Crippen LogP contribution in [-0.2, 0) is 0 Å². The molecule has 0 spiro atoms. The second-order valence-corrected chi connectivity index (χ2v) is 2.98. The number of nitrogens with two attached hydrogens (primary N) is 1. The predicted octanol–water partition coefficient (Wildman–Crippen LogP) is 2.05. The van der Waals surface area contributed by atoms with Gasteiger partial charge in [-0.1, -0.05) is 12.1 Å². The highest BCUT2D eigenvalue weighted by Crippen LogP contribution is 2.16. The monoisotopic (exact) mass is 178 g/mol. The normalized spacial score (nSPS) is 12.2. The summed E-state index contributed by atoms with van der Waals surface area (Å²) < 4.78 is 12.8. The number of halogens is 1. The Morgan fingerprint density at radius 2 is 2.31 bits per heavy atom. The standard InChI is InChI=1S/C10H11FN2/c1-7-6-8(2-3-9(7)11)10(13)4-5-12/h2-3,6,10H,4,13H2,1H3. The van der Waals surface area contributed by atoms with Gasteiger partial charge in [-0.05, 0) is 24.1 Å². The molecule has 0 bridgehead atoms. The fourth-order valence-electron chi connectivity index (χ4n) is 1.11. The van der Waals surface area contributed by atoms with E-state index in [1.54, 1.807) is 19.1 Å². The van der Waals surface area contributed by atoms with Gasteiger partial charge in [-0.25, -0.2) is 4.39 Å². The van der Waals surface area contributed by atoms with Crippen LogP contribution in [0.15, 0.2) is 18.2 Å². The number of rotatable bonds is 2. The summed E-state index contributed by atoms with van der Waals surface area (Å²) in [6, 6.07) is 6.34. The lowest BCUT2D eigenvalue weighted by Gasteiger charge is -2.08. The van der Waals surface area contributed by atoms with Gasteiger partial charge in [0.05, 0.1) is 12.5 Å². The summed E-state index contributed by atoms with van der Waals surface area (Å²) in [4.78, 5) is 0. The average molecular weight is 178 g/mol. The Kier molecular flexibility index (Phi) is 2.99. The first-order valence-corrected chi connectivity index (χ1v) is 4.03. The van der Waals surface area contributed by atoms with Crippen LogP contribution >= 0.6 is 0 Å². The second-order valence-electron chi connectivity index (χ2n) is 2.98. The van der Waals surface area contributed by atoms with Crippen molar-refractivity contribution in [2.24, 2.45) is 5.73 Å². The Bertz CT molecular complexity index is 341. The second kappa shape index (κ2) is 4.01. The van der Waals surface area contributed by atoms with Crippen molar-refractivity contribution in [3.63, 3.8) is 0 Å². The maximum atomic E-state index is 12.8. The highest BCUT2D eigenvalue weighted by Gasteiger charge is 2.06. The maximum Gasteiger partial charge on any atom is 0.126 e. The van der Waals surface area contributed by atoms with Crippen LogP contribution in [0.5, 0.6) is 0 Å². The van der Waals surface area contributed by atoms with Gasteiger partial charge in [-0.2, -0.15) is 5.26 Å². The van der Waals surface area contributed by atoms with Crippen molar-refractivity contribution in [1.29, 1.82) is 5.26 Å². The summed E-state index contributed by atoms with van der Waals surface area (Å²) in [5.74, 6) is -0.243. The molecule has 13 heavy (non-hydrogen) atoms. The molecule has 1 aromatic carbocycles. The van der Waals surface area contributed by atoms with Crippen molar-refractivity contribution in [3.8, 4) is 6.07 Å². The molecule has 68 valence electrons. The predicted molar refractivity (Wildman–Crippen MR) is 48.3 cm³/mol. The summed E-state index contributed by atoms with van der Waals surface area (Å²) in [5.41, 5.74) is 7.05. The summed E-state index contributed by atoms with van der Waals surface area (Å²) in [6.07, 6.45) is 0.255. The van der Waals surface area contributed by atoms with Gasteiger partial charge >= 0.3 is 0 Å². The molecule has 0 radical (unpaired) electrons. The lowest BCUT2D eigenvalue weighted by molar-refractivity contribution is 0.615. The maximum absolute atomic E-state index is 12.8. The Balaban J connectivity index is 2.91. The first kappa shape index (κ1) is 9.69. The van der Waals surface area contributed by atoms with E-state index in [2.05, 4.69) is 0 Å². The van der Waals surface area contributed by atoms with E-state index >= 15 is 0 Å². The van der Waals surface area contributed by atoms with Crippen LogP contribution in [-0.4, -0.2) is 0 Å². The minimum absolute atomic E-state index is 0.243. The summed E-state index contributed by atoms with van der Waals surface area (Å²) in [7, 11) is 0. The Hall–Kier alpha value is -1.40. The van der Waals surface area contributed by atoms with Gasteiger partial charge in [-0.3, -0.25) is 0 Å². The minimum atomic E-state index is -0.315. The number of nitriles is 1. The van der Waals surface area contributed by atoms with Gasteiger partial charge in [0.25, 0.3) is 0 Å². The van der Waals surface area contributed by atoms with E-state index in [1.807, 2.05) is 6.07 Å². The van der Waals surface area contributed by atoms with Gasteiger partial charge in [-0.15, -0.1) is 0 Å². The van der Waals surface area contributed by atoms with Crippen molar-refractivity contribution < 1.29 is 4.39 Å². The SMILES string of the molecule is Cc1cc(C(N)CC#N)ccc1F. The highest BCUT2D eigenvalue weighted by atomic mass is 19.1. The van der Waals surface area contributed by atoms with Gasteiger partial charge < -0.3 is 5.73 Å². The fourth-order valence-corrected chi connectivity index (χ4v) is 1.11. The number of benzene rings is 1. The van der Waals surface area contributed by atoms with Crippen LogP contribution in [0.25, 0.3) is 0 Å². The zero-order chi connectivity index (χ0) is 9.84. The summed E-state index contributed by atoms with van der Waals surface area (Å²) in [6.45, 7) is 1.68. The Labute approximate surface area is 76.8 Å². The molecule has 2 nitrogen and oxygen atoms in total. The Morgan fingerprint density at radius 3 is 2.85 bits per heavy atom. The average Bonchev–Trinajstić information content (AvgIpc) is 2.10. The van der Waals surface area contributed by atoms with Crippen LogP contribution in [0.1, 0.15) is 23.6 Å². The number of nitrogens with zero attached hydrogens (tertiary/aromatic N) is 1. The summed E-state index contributed by atoms with van der Waals surface area (Å²) >= 11 is 0. The highest BCUT2D eigenvalue weighted by molar-refractivity contribution is 5.26. The van der Waals surface area contributed by atoms with Crippen LogP contribution in [0, 0.1) is 24.1 Å². The van der Waals surface area contributed by atoms with E-state index in [1.165, 1.54) is 6.07 Å². The number of hydrogen-bond acceptors (Lipinski definition) is 2. The number of aryl methyl sites for hydroxylation is 1. The summed E-state index contributed by atoms with van der Waals surface area (Å²) in [5, 5.41) is 8.42. The van der Waals surface area contributed by atoms with Gasteiger partial charge in [0, 0.05) is 6.04 Å². The molecule has 1 atom stereocenters. The third-order valence-corrected chi connectivity index (χ3v) is 1.92. The third kappa shape index (κ3) is 2.27. The van der Waals surface area contributed by atoms with Gasteiger partial charge in [0.1, 0.15) is 5.82 Å². The first-order chi connectivity index (χ1) is 6.15. The van der Waals surface area contributed by atoms with Crippen molar-refractivity contribution in [2.45, 2.75) is 19.4 Å². The van der Waals surface area contributed by atoms with Crippen molar-refractivity contribution >= 4 is 0 Å². The fraction of sp³-hybridized carbons (Fsp3) is 0.300. The van der Waals surface area contributed by atoms with E-state index in [0.29, 0.717) is 5.56 Å². The molecule has 0 heterocycles. The van der Waals surface area contributed by atoms with Gasteiger partial charge in [0.15, 0.2) is 0 Å². The topological polar surface area (TPSA) is 49.8 Å². The third-order valence-electron chi connectivity index (χ3n) is 1.92. The lowest BCUT2D eigenvalue weighted by atomic mass is 10.0. The molecule has 0 amide bonds. The molecule has 1 aromatic rings. The van der Waals surface area contributed by atoms with E-state index in [-0.39, 0.29) is 18.3 Å². The van der Waals surface area contributed by atoms with E-state index in [9.17, 15) is 4.39 Å². The lowest BCUT2D eigenvalue weighted by Crippen LogP contribution is -2.09. The molecule has 0 saturated heterocycles. The quantitative estimate of drug-likeness (QED) is 0.753. The molecular formula is C10H11FN2. The largest absolute Gasteiger partial charge is 0.323 e. The van der Waals surface area contributed by atoms with E-state index < -0.39 is 0 Å². The molecule has 0 aliphatic heterocycles. The van der Waals surface area contributed by atoms with Crippen molar-refractivity contribution in [3.05, 3.63) is 35.1 Å². The zero-order valence-corrected chi connectivity index (χ0v) is 7.42. The van der Waals surface area contributed by atoms with Crippen LogP contribution in [0.4, 0.5) is 4.39 Å². The molecule has 0 aliphatic rings. The smallest absolute Gasteiger partial charge is 0.126 e. The molecule has 2 N–H and O–H groups in total. The Morgan fingerprint density at radius 1 is 1.62 bits per heavy atom.